The Morgan fingerprint density at radius 2 is 1.86 bits per heavy atom. The van der Waals surface area contributed by atoms with E-state index in [4.69, 9.17) is 9.05 Å². The number of likely N-dealkylation sites (tertiary alicyclic amines) is 1. The van der Waals surface area contributed by atoms with E-state index in [9.17, 15) is 13.6 Å². The summed E-state index contributed by atoms with van der Waals surface area (Å²) >= 11 is 0. The van der Waals surface area contributed by atoms with Crippen molar-refractivity contribution >= 4 is 5.91 Å². The highest BCUT2D eigenvalue weighted by molar-refractivity contribution is 5.94. The van der Waals surface area contributed by atoms with Gasteiger partial charge >= 0.3 is 0 Å². The number of hydrogen-bond donors (Lipinski definition) is 0. The van der Waals surface area contributed by atoms with Crippen LogP contribution in [0.1, 0.15) is 52.5 Å². The second kappa shape index (κ2) is 7.45. The van der Waals surface area contributed by atoms with Gasteiger partial charge in [0, 0.05) is 32.0 Å². The SMILES string of the molecule is Cc1nc(Cc2noc(C3CCN(C(=O)c4ccc(F)cc4F)CC3)n2)no1. The van der Waals surface area contributed by atoms with E-state index in [1.54, 1.807) is 11.8 Å². The van der Waals surface area contributed by atoms with Gasteiger partial charge in [0.05, 0.1) is 12.0 Å². The number of hydrogen-bond acceptors (Lipinski definition) is 7. The summed E-state index contributed by atoms with van der Waals surface area (Å²) in [5.74, 6) is -0.107. The molecule has 0 radical (unpaired) electrons. The number of nitrogens with zero attached hydrogens (tertiary/aromatic N) is 5. The summed E-state index contributed by atoms with van der Waals surface area (Å²) in [5.41, 5.74) is -0.129. The zero-order valence-electron chi connectivity index (χ0n) is 15.1. The predicted molar refractivity (Wildman–Crippen MR) is 90.4 cm³/mol. The molecule has 0 bridgehead atoms. The third-order valence-corrected chi connectivity index (χ3v) is 4.66. The molecule has 0 atom stereocenters. The van der Waals surface area contributed by atoms with Gasteiger partial charge in [-0.2, -0.15) is 9.97 Å². The third-order valence-electron chi connectivity index (χ3n) is 4.66. The van der Waals surface area contributed by atoms with Crippen molar-refractivity contribution in [2.24, 2.45) is 0 Å². The zero-order valence-corrected chi connectivity index (χ0v) is 15.1. The van der Waals surface area contributed by atoms with E-state index in [0.29, 0.717) is 61.8 Å². The van der Waals surface area contributed by atoms with Crippen molar-refractivity contribution < 1.29 is 22.6 Å². The lowest BCUT2D eigenvalue weighted by atomic mass is 9.96. The molecule has 3 heterocycles. The normalized spacial score (nSPS) is 15.2. The standard InChI is InChI=1S/C18H17F2N5O3/c1-10-21-15(23-27-10)9-16-22-17(28-24-16)11-4-6-25(7-5-11)18(26)13-3-2-12(19)8-14(13)20/h2-3,8,11H,4-7,9H2,1H3. The van der Waals surface area contributed by atoms with Gasteiger partial charge in [0.2, 0.25) is 11.8 Å². The molecule has 1 fully saturated rings. The van der Waals surface area contributed by atoms with Crippen LogP contribution in [-0.4, -0.2) is 44.2 Å². The number of carbonyl (C=O) groups excluding carboxylic acids is 1. The van der Waals surface area contributed by atoms with Crippen molar-refractivity contribution in [3.63, 3.8) is 0 Å². The molecular formula is C18H17F2N5O3. The monoisotopic (exact) mass is 389 g/mol. The van der Waals surface area contributed by atoms with Crippen LogP contribution in [-0.2, 0) is 6.42 Å². The second-order valence-corrected chi connectivity index (χ2v) is 6.65. The summed E-state index contributed by atoms with van der Waals surface area (Å²) in [6, 6.07) is 2.96. The van der Waals surface area contributed by atoms with Crippen LogP contribution < -0.4 is 0 Å². The lowest BCUT2D eigenvalue weighted by Gasteiger charge is -2.30. The highest BCUT2D eigenvalue weighted by atomic mass is 19.1. The predicted octanol–water partition coefficient (Wildman–Crippen LogP) is 2.65. The Labute approximate surface area is 158 Å². The number of rotatable bonds is 4. The smallest absolute Gasteiger partial charge is 0.256 e. The van der Waals surface area contributed by atoms with Crippen molar-refractivity contribution in [2.75, 3.05) is 13.1 Å². The Kier molecular flexibility index (Phi) is 4.84. The summed E-state index contributed by atoms with van der Waals surface area (Å²) in [4.78, 5) is 22.5. The first-order valence-electron chi connectivity index (χ1n) is 8.85. The largest absolute Gasteiger partial charge is 0.340 e. The summed E-state index contributed by atoms with van der Waals surface area (Å²) in [5, 5.41) is 7.74. The van der Waals surface area contributed by atoms with Gasteiger partial charge in [0.15, 0.2) is 11.6 Å². The van der Waals surface area contributed by atoms with Crippen LogP contribution in [0.25, 0.3) is 0 Å². The number of amides is 1. The topological polar surface area (TPSA) is 98.2 Å². The quantitative estimate of drug-likeness (QED) is 0.676. The molecule has 1 aliphatic rings. The Bertz CT molecular complexity index is 995. The van der Waals surface area contributed by atoms with Gasteiger partial charge in [-0.1, -0.05) is 10.3 Å². The molecular weight excluding hydrogens is 372 g/mol. The second-order valence-electron chi connectivity index (χ2n) is 6.65. The lowest BCUT2D eigenvalue weighted by molar-refractivity contribution is 0.0699. The molecule has 0 aliphatic carbocycles. The van der Waals surface area contributed by atoms with E-state index in [0.717, 1.165) is 6.07 Å². The number of carbonyl (C=O) groups is 1. The molecule has 4 rings (SSSR count). The van der Waals surface area contributed by atoms with Crippen molar-refractivity contribution in [1.29, 1.82) is 0 Å². The number of benzene rings is 1. The molecule has 10 heteroatoms. The third kappa shape index (κ3) is 3.75. The Balaban J connectivity index is 1.37. The Hall–Kier alpha value is -3.17. The average Bonchev–Trinajstić information content (AvgIpc) is 3.31. The molecule has 28 heavy (non-hydrogen) atoms. The van der Waals surface area contributed by atoms with Crippen LogP contribution in [0.2, 0.25) is 0 Å². The molecule has 1 saturated heterocycles. The van der Waals surface area contributed by atoms with Gasteiger partial charge in [-0.3, -0.25) is 4.79 Å². The van der Waals surface area contributed by atoms with Gasteiger partial charge in [-0.25, -0.2) is 8.78 Å². The first kappa shape index (κ1) is 18.2. The van der Waals surface area contributed by atoms with Crippen molar-refractivity contribution in [3.05, 3.63) is 58.8 Å². The fraction of sp³-hybridized carbons (Fsp3) is 0.389. The van der Waals surface area contributed by atoms with Gasteiger partial charge < -0.3 is 13.9 Å². The molecule has 0 N–H and O–H groups in total. The first-order chi connectivity index (χ1) is 13.5. The summed E-state index contributed by atoms with van der Waals surface area (Å²) in [7, 11) is 0. The number of piperidine rings is 1. The molecule has 2 aromatic heterocycles. The van der Waals surface area contributed by atoms with Crippen LogP contribution >= 0.6 is 0 Å². The van der Waals surface area contributed by atoms with E-state index in [-0.39, 0.29) is 11.5 Å². The van der Waals surface area contributed by atoms with E-state index < -0.39 is 17.5 Å². The maximum Gasteiger partial charge on any atom is 0.256 e. The highest BCUT2D eigenvalue weighted by Gasteiger charge is 2.29. The summed E-state index contributed by atoms with van der Waals surface area (Å²) in [6.45, 7) is 2.54. The Morgan fingerprint density at radius 3 is 2.54 bits per heavy atom. The summed E-state index contributed by atoms with van der Waals surface area (Å²) in [6.07, 6.45) is 1.52. The van der Waals surface area contributed by atoms with Crippen LogP contribution in [0.5, 0.6) is 0 Å². The average molecular weight is 389 g/mol. The van der Waals surface area contributed by atoms with Crippen molar-refractivity contribution in [2.45, 2.75) is 32.1 Å². The van der Waals surface area contributed by atoms with Gasteiger partial charge in [0.1, 0.15) is 11.6 Å². The van der Waals surface area contributed by atoms with E-state index in [1.165, 1.54) is 6.07 Å². The molecule has 0 unspecified atom stereocenters. The van der Waals surface area contributed by atoms with Gasteiger partial charge in [-0.05, 0) is 25.0 Å². The van der Waals surface area contributed by atoms with Crippen molar-refractivity contribution in [1.82, 2.24) is 25.2 Å². The number of aromatic nitrogens is 4. The number of halogens is 2. The molecule has 0 saturated carbocycles. The van der Waals surface area contributed by atoms with E-state index in [2.05, 4.69) is 20.3 Å². The maximum absolute atomic E-state index is 13.8. The molecule has 1 aliphatic heterocycles. The molecule has 1 amide bonds. The highest BCUT2D eigenvalue weighted by Crippen LogP contribution is 2.28. The minimum atomic E-state index is -0.856. The lowest BCUT2D eigenvalue weighted by Crippen LogP contribution is -2.38. The minimum Gasteiger partial charge on any atom is -0.340 e. The van der Waals surface area contributed by atoms with E-state index in [1.807, 2.05) is 0 Å². The molecule has 0 spiro atoms. The summed E-state index contributed by atoms with van der Waals surface area (Å²) < 4.78 is 37.1. The van der Waals surface area contributed by atoms with Crippen LogP contribution in [0.3, 0.4) is 0 Å². The van der Waals surface area contributed by atoms with Crippen molar-refractivity contribution in [3.8, 4) is 0 Å². The Morgan fingerprint density at radius 1 is 1.14 bits per heavy atom. The van der Waals surface area contributed by atoms with E-state index >= 15 is 0 Å². The van der Waals surface area contributed by atoms with Crippen LogP contribution in [0.4, 0.5) is 8.78 Å². The first-order valence-corrected chi connectivity index (χ1v) is 8.85. The van der Waals surface area contributed by atoms with Gasteiger partial charge in [0.25, 0.3) is 5.91 Å². The fourth-order valence-corrected chi connectivity index (χ4v) is 3.22. The molecule has 1 aromatic carbocycles. The number of aryl methyl sites for hydroxylation is 1. The zero-order chi connectivity index (χ0) is 19.7. The maximum atomic E-state index is 13.8. The van der Waals surface area contributed by atoms with Crippen LogP contribution in [0.15, 0.2) is 27.2 Å². The van der Waals surface area contributed by atoms with Gasteiger partial charge in [-0.15, -0.1) is 0 Å². The minimum absolute atomic E-state index is 0.00960. The molecule has 146 valence electrons. The fourth-order valence-electron chi connectivity index (χ4n) is 3.22. The van der Waals surface area contributed by atoms with Crippen LogP contribution in [0, 0.1) is 18.6 Å². The molecule has 8 nitrogen and oxygen atoms in total. The molecule has 3 aromatic rings.